The van der Waals surface area contributed by atoms with Crippen LogP contribution in [0.4, 0.5) is 0 Å². The molecule has 0 saturated carbocycles. The van der Waals surface area contributed by atoms with Crippen LogP contribution in [0.5, 0.6) is 0 Å². The summed E-state index contributed by atoms with van der Waals surface area (Å²) in [6, 6.07) is 0. The number of ether oxygens (including phenoxy) is 1. The van der Waals surface area contributed by atoms with E-state index in [9.17, 15) is 4.79 Å². The van der Waals surface area contributed by atoms with Gasteiger partial charge in [0.1, 0.15) is 0 Å². The van der Waals surface area contributed by atoms with Crippen LogP contribution in [0.25, 0.3) is 0 Å². The molecule has 0 heterocycles. The SMILES string of the molecule is CCCCCCCCCCCCCCCCOC(=O)CCCCCCCCCCCC(C)CCCCC. The first kappa shape index (κ1) is 36.5. The van der Waals surface area contributed by atoms with E-state index in [0.29, 0.717) is 13.0 Å². The minimum absolute atomic E-state index is 0.0265. The van der Waals surface area contributed by atoms with E-state index in [2.05, 4.69) is 20.8 Å². The molecule has 0 aromatic rings. The molecule has 2 nitrogen and oxygen atoms in total. The second-order valence-corrected chi connectivity index (χ2v) is 12.1. The summed E-state index contributed by atoms with van der Waals surface area (Å²) in [6.07, 6.45) is 38.5. The summed E-state index contributed by atoms with van der Waals surface area (Å²) >= 11 is 0. The van der Waals surface area contributed by atoms with Gasteiger partial charge in [-0.15, -0.1) is 0 Å². The smallest absolute Gasteiger partial charge is 0.305 e. The van der Waals surface area contributed by atoms with Gasteiger partial charge in [-0.3, -0.25) is 4.79 Å². The topological polar surface area (TPSA) is 26.3 Å². The van der Waals surface area contributed by atoms with Crippen molar-refractivity contribution in [3.8, 4) is 0 Å². The molecule has 1 atom stereocenters. The lowest BCUT2D eigenvalue weighted by Gasteiger charge is -2.10. The molecule has 0 aliphatic heterocycles. The molecule has 37 heavy (non-hydrogen) atoms. The lowest BCUT2D eigenvalue weighted by Crippen LogP contribution is -2.05. The molecule has 1 unspecified atom stereocenters. The average Bonchev–Trinajstić information content (AvgIpc) is 2.89. The van der Waals surface area contributed by atoms with E-state index >= 15 is 0 Å². The number of carbonyl (C=O) groups excluding carboxylic acids is 1. The zero-order valence-corrected chi connectivity index (χ0v) is 26.1. The van der Waals surface area contributed by atoms with Gasteiger partial charge in [-0.25, -0.2) is 0 Å². The molecule has 0 saturated heterocycles. The number of hydrogen-bond acceptors (Lipinski definition) is 2. The summed E-state index contributed by atoms with van der Waals surface area (Å²) in [7, 11) is 0. The summed E-state index contributed by atoms with van der Waals surface area (Å²) in [6.45, 7) is 7.65. The van der Waals surface area contributed by atoms with Gasteiger partial charge >= 0.3 is 5.97 Å². The minimum atomic E-state index is 0.0265. The van der Waals surface area contributed by atoms with Crippen molar-refractivity contribution >= 4 is 5.97 Å². The third-order valence-corrected chi connectivity index (χ3v) is 8.14. The second kappa shape index (κ2) is 31.7. The zero-order chi connectivity index (χ0) is 27.1. The van der Waals surface area contributed by atoms with E-state index in [4.69, 9.17) is 4.74 Å². The van der Waals surface area contributed by atoms with Crippen LogP contribution in [-0.4, -0.2) is 12.6 Å². The first-order valence-corrected chi connectivity index (χ1v) is 17.4. The molecular weight excluding hydrogens is 452 g/mol. The Morgan fingerprint density at radius 2 is 0.784 bits per heavy atom. The van der Waals surface area contributed by atoms with Crippen LogP contribution >= 0.6 is 0 Å². The van der Waals surface area contributed by atoms with E-state index < -0.39 is 0 Å². The Morgan fingerprint density at radius 3 is 1.24 bits per heavy atom. The third kappa shape index (κ3) is 31.6. The number of unbranched alkanes of at least 4 members (excludes halogenated alkanes) is 23. The van der Waals surface area contributed by atoms with Crippen LogP contribution < -0.4 is 0 Å². The molecule has 0 aliphatic rings. The number of carbonyl (C=O) groups is 1. The highest BCUT2D eigenvalue weighted by atomic mass is 16.5. The Hall–Kier alpha value is -0.530. The lowest BCUT2D eigenvalue weighted by atomic mass is 9.96. The monoisotopic (exact) mass is 523 g/mol. The van der Waals surface area contributed by atoms with Crippen molar-refractivity contribution in [2.24, 2.45) is 5.92 Å². The summed E-state index contributed by atoms with van der Waals surface area (Å²) in [5.41, 5.74) is 0. The molecule has 2 heteroatoms. The highest BCUT2D eigenvalue weighted by molar-refractivity contribution is 5.69. The molecule has 222 valence electrons. The number of hydrogen-bond donors (Lipinski definition) is 0. The molecule has 0 bridgehead atoms. The Morgan fingerprint density at radius 1 is 0.459 bits per heavy atom. The normalized spacial score (nSPS) is 12.2. The van der Waals surface area contributed by atoms with E-state index in [1.54, 1.807) is 0 Å². The van der Waals surface area contributed by atoms with Gasteiger partial charge in [0.2, 0.25) is 0 Å². The fourth-order valence-electron chi connectivity index (χ4n) is 5.44. The maximum absolute atomic E-state index is 11.9. The fraction of sp³-hybridized carbons (Fsp3) is 0.971. The molecule has 0 aromatic carbocycles. The summed E-state index contributed by atoms with van der Waals surface area (Å²) in [5.74, 6) is 0.955. The van der Waals surface area contributed by atoms with Gasteiger partial charge in [0.25, 0.3) is 0 Å². The predicted molar refractivity (Wildman–Crippen MR) is 165 cm³/mol. The summed E-state index contributed by atoms with van der Waals surface area (Å²) < 4.78 is 5.44. The second-order valence-electron chi connectivity index (χ2n) is 12.1. The van der Waals surface area contributed by atoms with Crippen molar-refractivity contribution in [2.45, 2.75) is 207 Å². The molecule has 0 amide bonds. The van der Waals surface area contributed by atoms with Gasteiger partial charge in [0, 0.05) is 6.42 Å². The van der Waals surface area contributed by atoms with E-state index in [1.165, 1.54) is 167 Å². The minimum Gasteiger partial charge on any atom is -0.466 e. The van der Waals surface area contributed by atoms with Gasteiger partial charge in [0.15, 0.2) is 0 Å². The van der Waals surface area contributed by atoms with Crippen molar-refractivity contribution < 1.29 is 9.53 Å². The zero-order valence-electron chi connectivity index (χ0n) is 26.1. The number of rotatable bonds is 31. The van der Waals surface area contributed by atoms with E-state index in [-0.39, 0.29) is 5.97 Å². The molecule has 0 aliphatic carbocycles. The van der Waals surface area contributed by atoms with Crippen LogP contribution in [0, 0.1) is 5.92 Å². The van der Waals surface area contributed by atoms with Crippen LogP contribution in [0.2, 0.25) is 0 Å². The highest BCUT2D eigenvalue weighted by Gasteiger charge is 2.03. The van der Waals surface area contributed by atoms with Crippen molar-refractivity contribution in [1.82, 2.24) is 0 Å². The lowest BCUT2D eigenvalue weighted by molar-refractivity contribution is -0.143. The van der Waals surface area contributed by atoms with E-state index in [1.807, 2.05) is 0 Å². The van der Waals surface area contributed by atoms with Gasteiger partial charge in [-0.05, 0) is 18.8 Å². The van der Waals surface area contributed by atoms with Crippen LogP contribution in [-0.2, 0) is 9.53 Å². The van der Waals surface area contributed by atoms with Crippen molar-refractivity contribution in [3.05, 3.63) is 0 Å². The molecule has 0 spiro atoms. The maximum atomic E-state index is 11.9. The van der Waals surface area contributed by atoms with Crippen LogP contribution in [0.3, 0.4) is 0 Å². The Labute approximate surface area is 234 Å². The molecule has 0 rings (SSSR count). The largest absolute Gasteiger partial charge is 0.466 e. The fourth-order valence-corrected chi connectivity index (χ4v) is 5.44. The summed E-state index contributed by atoms with van der Waals surface area (Å²) in [5, 5.41) is 0. The van der Waals surface area contributed by atoms with Crippen LogP contribution in [0.1, 0.15) is 207 Å². The van der Waals surface area contributed by atoms with Gasteiger partial charge in [0.05, 0.1) is 6.61 Å². The third-order valence-electron chi connectivity index (χ3n) is 8.14. The molecular formula is C35H70O2. The van der Waals surface area contributed by atoms with Gasteiger partial charge in [-0.1, -0.05) is 188 Å². The van der Waals surface area contributed by atoms with Crippen molar-refractivity contribution in [3.63, 3.8) is 0 Å². The van der Waals surface area contributed by atoms with Gasteiger partial charge in [-0.2, -0.15) is 0 Å². The maximum Gasteiger partial charge on any atom is 0.305 e. The standard InChI is InChI=1S/C35H70O2/c1-4-6-8-9-10-11-12-13-14-15-19-22-25-29-33-37-35(36)32-28-24-21-18-16-17-20-23-27-31-34(3)30-26-7-5-2/h34H,4-33H2,1-3H3. The Balaban J connectivity index is 3.19. The molecule has 0 aromatic heterocycles. The van der Waals surface area contributed by atoms with Crippen LogP contribution in [0.15, 0.2) is 0 Å². The Kier molecular flexibility index (Phi) is 31.2. The average molecular weight is 523 g/mol. The summed E-state index contributed by atoms with van der Waals surface area (Å²) in [4.78, 5) is 11.9. The molecule has 0 fully saturated rings. The molecule has 0 radical (unpaired) electrons. The quantitative estimate of drug-likeness (QED) is 0.0668. The first-order valence-electron chi connectivity index (χ1n) is 17.4. The molecule has 0 N–H and O–H groups in total. The first-order chi connectivity index (χ1) is 18.2. The van der Waals surface area contributed by atoms with E-state index in [0.717, 1.165) is 18.8 Å². The number of esters is 1. The van der Waals surface area contributed by atoms with Crippen molar-refractivity contribution in [2.75, 3.05) is 6.61 Å². The van der Waals surface area contributed by atoms with Crippen molar-refractivity contribution in [1.29, 1.82) is 0 Å². The Bertz CT molecular complexity index is 433. The predicted octanol–water partition coefficient (Wildman–Crippen LogP) is 12.5. The van der Waals surface area contributed by atoms with Gasteiger partial charge < -0.3 is 4.74 Å². The highest BCUT2D eigenvalue weighted by Crippen LogP contribution is 2.18.